The second-order valence-corrected chi connectivity index (χ2v) is 10.7. The quantitative estimate of drug-likeness (QED) is 0.489. The molecule has 4 heterocycles. The van der Waals surface area contributed by atoms with Crippen LogP contribution < -0.4 is 10.4 Å². The summed E-state index contributed by atoms with van der Waals surface area (Å²) in [6, 6.07) is 15.3. The maximum Gasteiger partial charge on any atom is 0.336 e. The van der Waals surface area contributed by atoms with E-state index in [0.717, 1.165) is 61.0 Å². The van der Waals surface area contributed by atoms with Crippen molar-refractivity contribution in [1.29, 1.82) is 0 Å². The summed E-state index contributed by atoms with van der Waals surface area (Å²) < 4.78 is 11.1. The van der Waals surface area contributed by atoms with Crippen LogP contribution in [-0.2, 0) is 16.0 Å². The summed E-state index contributed by atoms with van der Waals surface area (Å²) in [6.07, 6.45) is 4.71. The Hall–Kier alpha value is -3.61. The molecule has 6 rings (SSSR count). The van der Waals surface area contributed by atoms with Crippen LogP contribution in [0.5, 0.6) is 5.75 Å². The van der Waals surface area contributed by atoms with Gasteiger partial charge in [0.15, 0.2) is 0 Å². The number of hydrogen-bond donors (Lipinski definition) is 0. The van der Waals surface area contributed by atoms with Gasteiger partial charge in [0, 0.05) is 56.0 Å². The molecule has 0 aliphatic carbocycles. The molecule has 2 amide bonds. The van der Waals surface area contributed by atoms with E-state index in [1.807, 2.05) is 41.3 Å². The number of likely N-dealkylation sites (tertiary alicyclic amines) is 1. The van der Waals surface area contributed by atoms with Gasteiger partial charge in [0.05, 0.1) is 7.11 Å². The summed E-state index contributed by atoms with van der Waals surface area (Å²) >= 11 is 0. The van der Waals surface area contributed by atoms with Crippen molar-refractivity contribution in [3.8, 4) is 16.9 Å². The van der Waals surface area contributed by atoms with Gasteiger partial charge < -0.3 is 19.0 Å². The van der Waals surface area contributed by atoms with Crippen LogP contribution in [0.4, 0.5) is 0 Å². The first-order valence-corrected chi connectivity index (χ1v) is 13.3. The Bertz CT molecular complexity index is 1400. The zero-order valence-electron chi connectivity index (χ0n) is 21.2. The zero-order chi connectivity index (χ0) is 25.5. The predicted molar refractivity (Wildman–Crippen MR) is 140 cm³/mol. The van der Waals surface area contributed by atoms with Gasteiger partial charge in [0.1, 0.15) is 11.3 Å². The largest absolute Gasteiger partial charge is 0.496 e. The number of nitrogens with zero attached hydrogens (tertiary/aromatic N) is 2. The Kier molecular flexibility index (Phi) is 6.22. The Morgan fingerprint density at radius 3 is 2.73 bits per heavy atom. The molecule has 3 aliphatic heterocycles. The lowest BCUT2D eigenvalue weighted by Gasteiger charge is -2.52. The highest BCUT2D eigenvalue weighted by molar-refractivity contribution is 5.94. The first-order chi connectivity index (χ1) is 18.0. The summed E-state index contributed by atoms with van der Waals surface area (Å²) in [6.45, 7) is 2.25. The fourth-order valence-electron chi connectivity index (χ4n) is 6.69. The van der Waals surface area contributed by atoms with Crippen molar-refractivity contribution in [3.63, 3.8) is 0 Å². The van der Waals surface area contributed by atoms with E-state index in [1.54, 1.807) is 13.2 Å². The van der Waals surface area contributed by atoms with Crippen molar-refractivity contribution in [3.05, 3.63) is 64.5 Å². The first-order valence-electron chi connectivity index (χ1n) is 13.3. The number of carbonyl (C=O) groups is 2. The van der Waals surface area contributed by atoms with E-state index in [2.05, 4.69) is 4.90 Å². The molecule has 0 spiro atoms. The monoisotopic (exact) mass is 500 g/mol. The van der Waals surface area contributed by atoms with Crippen LogP contribution in [0.1, 0.15) is 37.7 Å². The highest BCUT2D eigenvalue weighted by Crippen LogP contribution is 2.38. The average molecular weight is 501 g/mol. The maximum absolute atomic E-state index is 13.4. The Labute approximate surface area is 216 Å². The summed E-state index contributed by atoms with van der Waals surface area (Å²) in [5.41, 5.74) is 2.70. The van der Waals surface area contributed by atoms with Crippen LogP contribution in [0, 0.1) is 11.8 Å². The normalized spacial score (nSPS) is 23.2. The number of rotatable bonds is 5. The van der Waals surface area contributed by atoms with E-state index in [0.29, 0.717) is 54.4 Å². The molecule has 3 saturated heterocycles. The summed E-state index contributed by atoms with van der Waals surface area (Å²) in [7, 11) is 1.59. The van der Waals surface area contributed by atoms with E-state index < -0.39 is 5.63 Å². The lowest BCUT2D eigenvalue weighted by Crippen LogP contribution is -2.61. The smallest absolute Gasteiger partial charge is 0.336 e. The minimum atomic E-state index is -0.412. The predicted octanol–water partition coefficient (Wildman–Crippen LogP) is 4.26. The third-order valence-electron chi connectivity index (χ3n) is 8.37. The van der Waals surface area contributed by atoms with E-state index in [-0.39, 0.29) is 5.91 Å². The number of hydrogen-bond acceptors (Lipinski definition) is 5. The minimum absolute atomic E-state index is 0.148. The molecular weight excluding hydrogens is 468 g/mol. The highest BCUT2D eigenvalue weighted by Gasteiger charge is 2.44. The van der Waals surface area contributed by atoms with Gasteiger partial charge in [-0.3, -0.25) is 9.59 Å². The first kappa shape index (κ1) is 23.8. The summed E-state index contributed by atoms with van der Waals surface area (Å²) in [5.74, 6) is 1.80. The average Bonchev–Trinajstić information content (AvgIpc) is 2.91. The standard InChI is InChI=1S/C30H32N2O5/c1-36-26-15-27-24(23(14-30(35)37-27)20-6-3-2-4-7-20)13-21(26)10-11-28(33)31-16-19-12-22(18-31)25-8-5-9-29(34)32(25)17-19/h2-4,6-7,13-15,19,22,25H,5,8-12,16-18H2,1H3/t19-,22+,25+/m1/s1. The van der Waals surface area contributed by atoms with E-state index in [1.165, 1.54) is 6.07 Å². The van der Waals surface area contributed by atoms with E-state index in [9.17, 15) is 14.4 Å². The Morgan fingerprint density at radius 1 is 1.08 bits per heavy atom. The fourth-order valence-corrected chi connectivity index (χ4v) is 6.69. The second-order valence-electron chi connectivity index (χ2n) is 10.7. The summed E-state index contributed by atoms with van der Waals surface area (Å²) in [4.78, 5) is 42.2. The number of aryl methyl sites for hydroxylation is 1. The number of amides is 2. The van der Waals surface area contributed by atoms with Crippen molar-refractivity contribution >= 4 is 22.8 Å². The van der Waals surface area contributed by atoms with Crippen LogP contribution in [0.3, 0.4) is 0 Å². The molecule has 0 unspecified atom stereocenters. The van der Waals surface area contributed by atoms with Crippen LogP contribution in [0.25, 0.3) is 22.1 Å². The molecule has 3 aromatic rings. The lowest BCUT2D eigenvalue weighted by molar-refractivity contribution is -0.148. The fraction of sp³-hybridized carbons (Fsp3) is 0.433. The number of ether oxygens (including phenoxy) is 1. The van der Waals surface area contributed by atoms with Crippen LogP contribution >= 0.6 is 0 Å². The molecule has 7 nitrogen and oxygen atoms in total. The number of fused-ring (bicyclic) bond motifs is 5. The van der Waals surface area contributed by atoms with Gasteiger partial charge >= 0.3 is 5.63 Å². The molecule has 2 aromatic carbocycles. The van der Waals surface area contributed by atoms with E-state index in [4.69, 9.17) is 9.15 Å². The molecule has 3 fully saturated rings. The molecule has 1 aromatic heterocycles. The highest BCUT2D eigenvalue weighted by atomic mass is 16.5. The van der Waals surface area contributed by atoms with Crippen LogP contribution in [0.2, 0.25) is 0 Å². The minimum Gasteiger partial charge on any atom is -0.496 e. The van der Waals surface area contributed by atoms with Gasteiger partial charge in [-0.05, 0) is 60.3 Å². The molecule has 3 atom stereocenters. The Morgan fingerprint density at radius 2 is 1.92 bits per heavy atom. The van der Waals surface area contributed by atoms with Crippen LogP contribution in [0.15, 0.2) is 57.7 Å². The molecule has 0 radical (unpaired) electrons. The van der Waals surface area contributed by atoms with Gasteiger partial charge in [-0.1, -0.05) is 30.3 Å². The number of methoxy groups -OCH3 is 1. The van der Waals surface area contributed by atoms with Gasteiger partial charge in [-0.15, -0.1) is 0 Å². The van der Waals surface area contributed by atoms with Crippen molar-refractivity contribution in [2.24, 2.45) is 11.8 Å². The summed E-state index contributed by atoms with van der Waals surface area (Å²) in [5, 5.41) is 0.823. The Balaban J connectivity index is 1.22. The lowest BCUT2D eigenvalue weighted by atomic mass is 9.76. The van der Waals surface area contributed by atoms with E-state index >= 15 is 0 Å². The number of carbonyl (C=O) groups excluding carboxylic acids is 2. The molecular formula is C30H32N2O5. The third kappa shape index (κ3) is 4.52. The van der Waals surface area contributed by atoms with Crippen LogP contribution in [-0.4, -0.2) is 54.4 Å². The van der Waals surface area contributed by atoms with Gasteiger partial charge in [0.2, 0.25) is 11.8 Å². The molecule has 0 N–H and O–H groups in total. The molecule has 0 saturated carbocycles. The molecule has 37 heavy (non-hydrogen) atoms. The van der Waals surface area contributed by atoms with Gasteiger partial charge in [-0.25, -0.2) is 4.79 Å². The maximum atomic E-state index is 13.4. The number of piperidine rings is 3. The zero-order valence-corrected chi connectivity index (χ0v) is 21.2. The topological polar surface area (TPSA) is 80.1 Å². The van der Waals surface area contributed by atoms with Crippen molar-refractivity contribution < 1.29 is 18.7 Å². The van der Waals surface area contributed by atoms with Gasteiger partial charge in [-0.2, -0.15) is 0 Å². The second kappa shape index (κ2) is 9.69. The molecule has 2 bridgehead atoms. The van der Waals surface area contributed by atoms with Crippen molar-refractivity contribution in [2.45, 2.75) is 44.6 Å². The van der Waals surface area contributed by atoms with Crippen molar-refractivity contribution in [2.75, 3.05) is 26.7 Å². The third-order valence-corrected chi connectivity index (χ3v) is 8.37. The van der Waals surface area contributed by atoms with Gasteiger partial charge in [0.25, 0.3) is 0 Å². The SMILES string of the molecule is COc1cc2oc(=O)cc(-c3ccccc3)c2cc1CCC(=O)N1C[C@H]2C[C@@H](C1)[C@@H]1CCCC(=O)N1C2. The molecule has 192 valence electrons. The molecule has 7 heteroatoms. The number of benzene rings is 2. The molecule has 3 aliphatic rings. The van der Waals surface area contributed by atoms with Crippen molar-refractivity contribution in [1.82, 2.24) is 9.80 Å².